The number of rotatable bonds is 5. The van der Waals surface area contributed by atoms with Gasteiger partial charge in [-0.3, -0.25) is 19.1 Å². The van der Waals surface area contributed by atoms with E-state index in [1.54, 1.807) is 24.0 Å². The Balaban J connectivity index is 1.28. The van der Waals surface area contributed by atoms with Crippen LogP contribution in [-0.2, 0) is 16.1 Å². The van der Waals surface area contributed by atoms with Gasteiger partial charge >= 0.3 is 6.09 Å². The molecular formula is C23H25FN6O5. The second-order valence-electron chi connectivity index (χ2n) is 8.98. The summed E-state index contributed by atoms with van der Waals surface area (Å²) in [5.41, 5.74) is -0.645. The quantitative estimate of drug-likeness (QED) is 0.571. The maximum Gasteiger partial charge on any atom is 0.410 e. The molecule has 1 aromatic carbocycles. The Bertz CT molecular complexity index is 1330. The third kappa shape index (κ3) is 4.25. The minimum absolute atomic E-state index is 0.0204. The van der Waals surface area contributed by atoms with E-state index in [1.165, 1.54) is 38.8 Å². The molecule has 3 aromatic rings. The Kier molecular flexibility index (Phi) is 5.75. The molecule has 2 saturated heterocycles. The van der Waals surface area contributed by atoms with Gasteiger partial charge in [0.05, 0.1) is 30.6 Å². The molecule has 35 heavy (non-hydrogen) atoms. The third-order valence-electron chi connectivity index (χ3n) is 6.71. The van der Waals surface area contributed by atoms with Crippen LogP contribution >= 0.6 is 0 Å². The van der Waals surface area contributed by atoms with E-state index in [-0.39, 0.29) is 48.7 Å². The summed E-state index contributed by atoms with van der Waals surface area (Å²) >= 11 is 0. The van der Waals surface area contributed by atoms with Crippen molar-refractivity contribution in [3.05, 3.63) is 53.0 Å². The number of carbonyl (C=O) groups excluding carboxylic acids is 2. The van der Waals surface area contributed by atoms with Crippen molar-refractivity contribution in [2.24, 2.45) is 0 Å². The van der Waals surface area contributed by atoms with Crippen LogP contribution in [0.2, 0.25) is 0 Å². The Morgan fingerprint density at radius 3 is 2.57 bits per heavy atom. The molecule has 12 heteroatoms. The van der Waals surface area contributed by atoms with Gasteiger partial charge in [-0.15, -0.1) is 0 Å². The Morgan fingerprint density at radius 2 is 1.91 bits per heavy atom. The van der Waals surface area contributed by atoms with Crippen molar-refractivity contribution in [3.63, 3.8) is 0 Å². The predicted octanol–water partition coefficient (Wildman–Crippen LogP) is 0.915. The zero-order valence-corrected chi connectivity index (χ0v) is 19.1. The smallest absolute Gasteiger partial charge is 0.410 e. The van der Waals surface area contributed by atoms with Gasteiger partial charge in [-0.2, -0.15) is 5.10 Å². The lowest BCUT2D eigenvalue weighted by molar-refractivity contribution is -0.140. The van der Waals surface area contributed by atoms with E-state index in [0.29, 0.717) is 31.0 Å². The van der Waals surface area contributed by atoms with E-state index in [1.807, 2.05) is 0 Å². The molecule has 0 saturated carbocycles. The molecule has 0 bridgehead atoms. The molecule has 0 spiro atoms. The largest absolute Gasteiger partial charge is 0.448 e. The summed E-state index contributed by atoms with van der Waals surface area (Å²) in [5, 5.41) is 15.7. The predicted molar refractivity (Wildman–Crippen MR) is 121 cm³/mol. The highest BCUT2D eigenvalue weighted by atomic mass is 19.1. The van der Waals surface area contributed by atoms with Crippen molar-refractivity contribution in [2.75, 3.05) is 26.2 Å². The second kappa shape index (κ2) is 8.77. The number of ether oxygens (including phenoxy) is 1. The fourth-order valence-electron chi connectivity index (χ4n) is 4.61. The molecule has 2 amide bonds. The molecule has 2 aliphatic rings. The van der Waals surface area contributed by atoms with E-state index >= 15 is 0 Å². The summed E-state index contributed by atoms with van der Waals surface area (Å²) in [5.74, 6) is -0.575. The molecule has 0 aliphatic carbocycles. The average Bonchev–Trinajstić information content (AvgIpc) is 3.48. The first-order valence-corrected chi connectivity index (χ1v) is 11.4. The fraction of sp³-hybridized carbons (Fsp3) is 0.435. The molecule has 11 nitrogen and oxygen atoms in total. The highest BCUT2D eigenvalue weighted by molar-refractivity contribution is 5.86. The molecule has 2 aromatic heterocycles. The summed E-state index contributed by atoms with van der Waals surface area (Å²) in [6.45, 7) is 2.94. The van der Waals surface area contributed by atoms with Gasteiger partial charge in [0.25, 0.3) is 5.56 Å². The van der Waals surface area contributed by atoms with Crippen molar-refractivity contribution in [1.29, 1.82) is 0 Å². The first-order valence-electron chi connectivity index (χ1n) is 11.4. The fourth-order valence-corrected chi connectivity index (χ4v) is 4.61. The third-order valence-corrected chi connectivity index (χ3v) is 6.71. The first-order chi connectivity index (χ1) is 16.8. The number of aliphatic hydroxyl groups is 1. The van der Waals surface area contributed by atoms with Crippen molar-refractivity contribution in [2.45, 2.75) is 38.0 Å². The topological polar surface area (TPSA) is 123 Å². The van der Waals surface area contributed by atoms with Crippen LogP contribution in [-0.4, -0.2) is 84.1 Å². The normalized spacial score (nSPS) is 18.7. The summed E-state index contributed by atoms with van der Waals surface area (Å²) < 4.78 is 21.0. The van der Waals surface area contributed by atoms with E-state index in [0.717, 1.165) is 0 Å². The highest BCUT2D eigenvalue weighted by Gasteiger charge is 2.38. The van der Waals surface area contributed by atoms with E-state index in [4.69, 9.17) is 4.74 Å². The number of fused-ring (bicyclic) bond motifs is 1. The lowest BCUT2D eigenvalue weighted by Gasteiger charge is -2.39. The van der Waals surface area contributed by atoms with Crippen molar-refractivity contribution in [3.8, 4) is 5.69 Å². The SMILES string of the molecule is CC(C(=O)N1CCC(O)(Cn2cnc3c(cnn3-c3ccc(F)cc3)c2=O)CC1)N1CCOC1=O. The highest BCUT2D eigenvalue weighted by Crippen LogP contribution is 2.25. The second-order valence-corrected chi connectivity index (χ2v) is 8.98. The number of hydrogen-bond donors (Lipinski definition) is 1. The van der Waals surface area contributed by atoms with Crippen LogP contribution in [0.5, 0.6) is 0 Å². The summed E-state index contributed by atoms with van der Waals surface area (Å²) in [7, 11) is 0. The lowest BCUT2D eigenvalue weighted by atomic mass is 9.91. The first kappa shape index (κ1) is 23.0. The minimum Gasteiger partial charge on any atom is -0.448 e. The van der Waals surface area contributed by atoms with Crippen molar-refractivity contribution >= 4 is 23.0 Å². The van der Waals surface area contributed by atoms with Gasteiger partial charge in [-0.25, -0.2) is 18.9 Å². The number of aromatic nitrogens is 4. The molecule has 2 fully saturated rings. The van der Waals surface area contributed by atoms with Crippen molar-refractivity contribution in [1.82, 2.24) is 29.1 Å². The number of likely N-dealkylation sites (tertiary alicyclic amines) is 1. The molecule has 1 atom stereocenters. The number of hydrogen-bond acceptors (Lipinski definition) is 7. The molecule has 2 aliphatic heterocycles. The number of amides is 2. The minimum atomic E-state index is -1.20. The van der Waals surface area contributed by atoms with Gasteiger partial charge in [0.1, 0.15) is 30.2 Å². The lowest BCUT2D eigenvalue weighted by Crippen LogP contribution is -2.54. The maximum atomic E-state index is 13.2. The van der Waals surface area contributed by atoms with Crippen LogP contribution in [0.25, 0.3) is 16.7 Å². The van der Waals surface area contributed by atoms with Gasteiger partial charge < -0.3 is 14.7 Å². The van der Waals surface area contributed by atoms with Crippen LogP contribution in [0.3, 0.4) is 0 Å². The molecule has 1 unspecified atom stereocenters. The van der Waals surface area contributed by atoms with Gasteiger partial charge in [0.2, 0.25) is 5.91 Å². The molecular weight excluding hydrogens is 459 g/mol. The Morgan fingerprint density at radius 1 is 1.20 bits per heavy atom. The maximum absolute atomic E-state index is 13.2. The van der Waals surface area contributed by atoms with Crippen LogP contribution in [0, 0.1) is 5.82 Å². The number of halogens is 1. The van der Waals surface area contributed by atoms with Gasteiger partial charge in [0, 0.05) is 13.1 Å². The van der Waals surface area contributed by atoms with E-state index in [2.05, 4.69) is 10.1 Å². The van der Waals surface area contributed by atoms with Gasteiger partial charge in [-0.05, 0) is 44.0 Å². The van der Waals surface area contributed by atoms with E-state index in [9.17, 15) is 23.9 Å². The summed E-state index contributed by atoms with van der Waals surface area (Å²) in [4.78, 5) is 45.1. The van der Waals surface area contributed by atoms with Gasteiger partial charge in [0.15, 0.2) is 5.65 Å². The number of carbonyl (C=O) groups is 2. The number of piperidine rings is 1. The van der Waals surface area contributed by atoms with Crippen LogP contribution in [0.1, 0.15) is 19.8 Å². The van der Waals surface area contributed by atoms with Crippen LogP contribution in [0.4, 0.5) is 9.18 Å². The monoisotopic (exact) mass is 484 g/mol. The zero-order valence-electron chi connectivity index (χ0n) is 19.1. The molecule has 184 valence electrons. The van der Waals surface area contributed by atoms with Gasteiger partial charge in [-0.1, -0.05) is 0 Å². The Labute approximate surface area is 199 Å². The zero-order chi connectivity index (χ0) is 24.7. The Hall–Kier alpha value is -3.80. The molecule has 0 radical (unpaired) electrons. The molecule has 1 N–H and O–H groups in total. The van der Waals surface area contributed by atoms with Crippen molar-refractivity contribution < 1.29 is 23.8 Å². The number of cyclic esters (lactones) is 1. The summed E-state index contributed by atoms with van der Waals surface area (Å²) in [6, 6.07) is 5.05. The van der Waals surface area contributed by atoms with Crippen LogP contribution in [0.15, 0.2) is 41.6 Å². The number of benzene rings is 1. The standard InChI is InChI=1S/C23H25FN6O5/c1-15(29-10-11-35-22(29)33)20(31)27-8-6-23(34,7-9-27)13-28-14-25-19-18(21(28)32)12-26-30(19)17-4-2-16(24)3-5-17/h2-5,12,14-15,34H,6-11,13H2,1H3. The van der Waals surface area contributed by atoms with E-state index < -0.39 is 17.7 Å². The average molecular weight is 484 g/mol. The number of nitrogens with zero attached hydrogens (tertiary/aromatic N) is 6. The summed E-state index contributed by atoms with van der Waals surface area (Å²) in [6.07, 6.45) is 2.82. The molecule has 4 heterocycles. The molecule has 5 rings (SSSR count). The van der Waals surface area contributed by atoms with Crippen LogP contribution < -0.4 is 5.56 Å².